The number of carbonyl (C=O) groups excluding carboxylic acids is 1. The van der Waals surface area contributed by atoms with Gasteiger partial charge in [-0.3, -0.25) is 9.48 Å². The first-order valence-corrected chi connectivity index (χ1v) is 8.95. The number of aryl methyl sites for hydroxylation is 2. The highest BCUT2D eigenvalue weighted by atomic mass is 16.5. The highest BCUT2D eigenvalue weighted by Gasteiger charge is 2.28. The van der Waals surface area contributed by atoms with Gasteiger partial charge in [0.25, 0.3) is 5.91 Å². The Bertz CT molecular complexity index is 972. The van der Waals surface area contributed by atoms with Crippen molar-refractivity contribution in [2.45, 2.75) is 32.6 Å². The van der Waals surface area contributed by atoms with Gasteiger partial charge in [-0.15, -0.1) is 0 Å². The summed E-state index contributed by atoms with van der Waals surface area (Å²) in [6, 6.07) is 9.33. The molecule has 0 bridgehead atoms. The van der Waals surface area contributed by atoms with E-state index in [0.717, 1.165) is 46.7 Å². The monoisotopic (exact) mass is 350 g/mol. The minimum absolute atomic E-state index is 0.139. The minimum atomic E-state index is -0.139. The molecular formula is C20H22N4O2. The van der Waals surface area contributed by atoms with Crippen LogP contribution in [0.15, 0.2) is 30.3 Å². The predicted molar refractivity (Wildman–Crippen MR) is 101 cm³/mol. The molecule has 0 saturated heterocycles. The molecule has 0 radical (unpaired) electrons. The number of amides is 1. The second-order valence-electron chi connectivity index (χ2n) is 6.69. The van der Waals surface area contributed by atoms with Gasteiger partial charge in [0.1, 0.15) is 5.75 Å². The van der Waals surface area contributed by atoms with Gasteiger partial charge in [-0.2, -0.15) is 5.10 Å². The quantitative estimate of drug-likeness (QED) is 0.760. The second-order valence-corrected chi connectivity index (χ2v) is 6.69. The molecule has 2 heterocycles. The van der Waals surface area contributed by atoms with Crippen LogP contribution in [0.25, 0.3) is 11.0 Å². The van der Waals surface area contributed by atoms with E-state index in [9.17, 15) is 4.79 Å². The highest BCUT2D eigenvalue weighted by Crippen LogP contribution is 2.40. The number of ether oxygens (including phenoxy) is 1. The second kappa shape index (κ2) is 6.44. The first kappa shape index (κ1) is 16.6. The standard InChI is InChI=1S/C20H22N4O2/c1-4-26-15-9-7-14(8-10-15)21-20(25)16-11-17(13-5-6-13)22-19-18(16)12(2)23-24(19)3/h7-11,13H,4-6H2,1-3H3,(H,21,25). The van der Waals surface area contributed by atoms with Crippen LogP contribution in [0.5, 0.6) is 5.75 Å². The number of aromatic nitrogens is 3. The number of carbonyl (C=O) groups is 1. The van der Waals surface area contributed by atoms with Gasteiger partial charge in [0.2, 0.25) is 0 Å². The maximum absolute atomic E-state index is 13.0. The molecule has 1 fully saturated rings. The Labute approximate surface area is 152 Å². The van der Waals surface area contributed by atoms with Gasteiger partial charge in [0.05, 0.1) is 23.3 Å². The van der Waals surface area contributed by atoms with Crippen molar-refractivity contribution in [1.82, 2.24) is 14.8 Å². The number of anilines is 1. The molecule has 0 aliphatic heterocycles. The molecule has 2 aromatic heterocycles. The van der Waals surface area contributed by atoms with Crippen molar-refractivity contribution in [2.75, 3.05) is 11.9 Å². The van der Waals surface area contributed by atoms with Gasteiger partial charge in [-0.25, -0.2) is 4.98 Å². The summed E-state index contributed by atoms with van der Waals surface area (Å²) in [4.78, 5) is 17.7. The molecule has 0 atom stereocenters. The first-order valence-electron chi connectivity index (χ1n) is 8.95. The number of hydrogen-bond acceptors (Lipinski definition) is 4. The van der Waals surface area contributed by atoms with Gasteiger partial charge in [-0.05, 0) is 57.0 Å². The van der Waals surface area contributed by atoms with Crippen LogP contribution in [-0.2, 0) is 7.05 Å². The van der Waals surface area contributed by atoms with Crippen molar-refractivity contribution in [3.63, 3.8) is 0 Å². The van der Waals surface area contributed by atoms with E-state index in [0.29, 0.717) is 18.1 Å². The predicted octanol–water partition coefficient (Wildman–Crippen LogP) is 3.81. The van der Waals surface area contributed by atoms with Crippen LogP contribution in [0.2, 0.25) is 0 Å². The lowest BCUT2D eigenvalue weighted by Gasteiger charge is -2.10. The fraction of sp³-hybridized carbons (Fsp3) is 0.350. The van der Waals surface area contributed by atoms with Crippen LogP contribution in [0.4, 0.5) is 5.69 Å². The number of nitrogens with one attached hydrogen (secondary N) is 1. The molecule has 6 heteroatoms. The summed E-state index contributed by atoms with van der Waals surface area (Å²) < 4.78 is 7.20. The van der Waals surface area contributed by atoms with Gasteiger partial charge in [0.15, 0.2) is 5.65 Å². The molecule has 1 aromatic carbocycles. The number of rotatable bonds is 5. The molecule has 1 N–H and O–H groups in total. The van der Waals surface area contributed by atoms with Crippen LogP contribution in [0, 0.1) is 6.92 Å². The van der Waals surface area contributed by atoms with Gasteiger partial charge in [-0.1, -0.05) is 0 Å². The van der Waals surface area contributed by atoms with E-state index < -0.39 is 0 Å². The largest absolute Gasteiger partial charge is 0.494 e. The zero-order valence-corrected chi connectivity index (χ0v) is 15.2. The van der Waals surface area contributed by atoms with Crippen molar-refractivity contribution in [2.24, 2.45) is 7.05 Å². The van der Waals surface area contributed by atoms with E-state index in [2.05, 4.69) is 10.4 Å². The maximum Gasteiger partial charge on any atom is 0.256 e. The molecule has 4 rings (SSSR count). The normalized spacial score (nSPS) is 13.8. The summed E-state index contributed by atoms with van der Waals surface area (Å²) in [5.74, 6) is 1.11. The van der Waals surface area contributed by atoms with Crippen LogP contribution < -0.4 is 10.1 Å². The van der Waals surface area contributed by atoms with Crippen LogP contribution >= 0.6 is 0 Å². The average Bonchev–Trinajstić information content (AvgIpc) is 3.43. The van der Waals surface area contributed by atoms with Crippen molar-refractivity contribution in [1.29, 1.82) is 0 Å². The fourth-order valence-corrected chi connectivity index (χ4v) is 3.23. The molecule has 1 saturated carbocycles. The Morgan fingerprint density at radius 2 is 2.04 bits per heavy atom. The number of hydrogen-bond donors (Lipinski definition) is 1. The Kier molecular flexibility index (Phi) is 4.11. The summed E-state index contributed by atoms with van der Waals surface area (Å²) in [5.41, 5.74) is 3.93. The third kappa shape index (κ3) is 3.03. The van der Waals surface area contributed by atoms with E-state index >= 15 is 0 Å². The van der Waals surface area contributed by atoms with Crippen molar-refractivity contribution >= 4 is 22.6 Å². The fourth-order valence-electron chi connectivity index (χ4n) is 3.23. The van der Waals surface area contributed by atoms with E-state index in [1.165, 1.54) is 0 Å². The van der Waals surface area contributed by atoms with E-state index in [4.69, 9.17) is 9.72 Å². The zero-order chi connectivity index (χ0) is 18.3. The van der Waals surface area contributed by atoms with Crippen molar-refractivity contribution in [3.8, 4) is 5.75 Å². The van der Waals surface area contributed by atoms with Crippen molar-refractivity contribution < 1.29 is 9.53 Å². The Morgan fingerprint density at radius 1 is 1.31 bits per heavy atom. The maximum atomic E-state index is 13.0. The Morgan fingerprint density at radius 3 is 2.69 bits per heavy atom. The number of fused-ring (bicyclic) bond motifs is 1. The summed E-state index contributed by atoms with van der Waals surface area (Å²) in [5, 5.41) is 8.25. The molecule has 3 aromatic rings. The molecule has 134 valence electrons. The van der Waals surface area contributed by atoms with Crippen LogP contribution in [0.3, 0.4) is 0 Å². The third-order valence-corrected chi connectivity index (χ3v) is 4.65. The number of pyridine rings is 1. The molecular weight excluding hydrogens is 328 g/mol. The van der Waals surface area contributed by atoms with Gasteiger partial charge >= 0.3 is 0 Å². The van der Waals surface area contributed by atoms with Gasteiger partial charge in [0, 0.05) is 24.3 Å². The lowest BCUT2D eigenvalue weighted by molar-refractivity contribution is 0.102. The lowest BCUT2D eigenvalue weighted by atomic mass is 10.1. The molecule has 6 nitrogen and oxygen atoms in total. The molecule has 0 spiro atoms. The summed E-state index contributed by atoms with van der Waals surface area (Å²) in [7, 11) is 1.87. The topological polar surface area (TPSA) is 69.0 Å². The first-order chi connectivity index (χ1) is 12.6. The minimum Gasteiger partial charge on any atom is -0.494 e. The Balaban J connectivity index is 1.69. The smallest absolute Gasteiger partial charge is 0.256 e. The van der Waals surface area contributed by atoms with Crippen LogP contribution in [-0.4, -0.2) is 27.3 Å². The average molecular weight is 350 g/mol. The third-order valence-electron chi connectivity index (χ3n) is 4.65. The number of benzene rings is 1. The highest BCUT2D eigenvalue weighted by molar-refractivity contribution is 6.12. The number of nitrogens with zero attached hydrogens (tertiary/aromatic N) is 3. The lowest BCUT2D eigenvalue weighted by Crippen LogP contribution is -2.13. The van der Waals surface area contributed by atoms with E-state index in [1.54, 1.807) is 4.68 Å². The SMILES string of the molecule is CCOc1ccc(NC(=O)c2cc(C3CC3)nc3c2c(C)nn3C)cc1. The molecule has 1 aliphatic rings. The van der Waals surface area contributed by atoms with Crippen molar-refractivity contribution in [3.05, 3.63) is 47.3 Å². The zero-order valence-electron chi connectivity index (χ0n) is 15.2. The molecule has 1 aliphatic carbocycles. The van der Waals surface area contributed by atoms with E-state index in [1.807, 2.05) is 51.2 Å². The summed E-state index contributed by atoms with van der Waals surface area (Å²) >= 11 is 0. The molecule has 1 amide bonds. The summed E-state index contributed by atoms with van der Waals surface area (Å²) in [6.45, 7) is 4.47. The molecule has 0 unspecified atom stereocenters. The van der Waals surface area contributed by atoms with Crippen LogP contribution in [0.1, 0.15) is 47.4 Å². The summed E-state index contributed by atoms with van der Waals surface area (Å²) in [6.07, 6.45) is 2.27. The Hall–Kier alpha value is -2.89. The van der Waals surface area contributed by atoms with E-state index in [-0.39, 0.29) is 5.91 Å². The molecule has 26 heavy (non-hydrogen) atoms. The van der Waals surface area contributed by atoms with Gasteiger partial charge < -0.3 is 10.1 Å².